The van der Waals surface area contributed by atoms with Crippen molar-refractivity contribution in [3.05, 3.63) is 5.38 Å². The van der Waals surface area contributed by atoms with Gasteiger partial charge in [0.25, 0.3) is 0 Å². The van der Waals surface area contributed by atoms with Gasteiger partial charge in [-0.3, -0.25) is 4.90 Å². The van der Waals surface area contributed by atoms with E-state index >= 15 is 0 Å². The highest BCUT2D eigenvalue weighted by molar-refractivity contribution is 7.14. The summed E-state index contributed by atoms with van der Waals surface area (Å²) in [4.78, 5) is 9.32. The van der Waals surface area contributed by atoms with E-state index in [9.17, 15) is 0 Å². The molecule has 128 valence electrons. The van der Waals surface area contributed by atoms with Crippen molar-refractivity contribution in [1.82, 2.24) is 9.88 Å². The van der Waals surface area contributed by atoms with E-state index in [2.05, 4.69) is 37.5 Å². The molecule has 0 radical (unpaired) electrons. The molecule has 2 aliphatic rings. The lowest BCUT2D eigenvalue weighted by atomic mass is 9.86. The van der Waals surface area contributed by atoms with Gasteiger partial charge in [-0.05, 0) is 27.7 Å². The summed E-state index contributed by atoms with van der Waals surface area (Å²) in [6, 6.07) is 0. The van der Waals surface area contributed by atoms with Crippen LogP contribution in [0.4, 0.5) is 5.13 Å². The Morgan fingerprint density at radius 2 is 1.78 bits per heavy atom. The van der Waals surface area contributed by atoms with Gasteiger partial charge in [0.05, 0.1) is 23.4 Å². The topological polar surface area (TPSA) is 58.1 Å². The number of piperazine rings is 1. The predicted octanol–water partition coefficient (Wildman–Crippen LogP) is 0.557. The Bertz CT molecular complexity index is 528. The molecule has 23 heavy (non-hydrogen) atoms. The van der Waals surface area contributed by atoms with Crippen molar-refractivity contribution in [2.45, 2.75) is 38.9 Å². The lowest BCUT2D eigenvalue weighted by molar-refractivity contribution is 0.00578. The number of thiazole rings is 1. The third-order valence-corrected chi connectivity index (χ3v) is 5.98. The number of aromatic nitrogens is 1. The van der Waals surface area contributed by atoms with E-state index in [1.165, 1.54) is 0 Å². The summed E-state index contributed by atoms with van der Waals surface area (Å²) in [7, 11) is -0.388. The Morgan fingerprint density at radius 1 is 1.17 bits per heavy atom. The van der Waals surface area contributed by atoms with E-state index in [-0.39, 0.29) is 24.9 Å². The molecule has 8 heteroatoms. The van der Waals surface area contributed by atoms with E-state index in [1.807, 2.05) is 5.38 Å². The van der Waals surface area contributed by atoms with Crippen LogP contribution in [0.2, 0.25) is 0 Å². The number of anilines is 1. The first-order chi connectivity index (χ1) is 10.8. The van der Waals surface area contributed by atoms with Gasteiger partial charge in [0.15, 0.2) is 5.13 Å². The summed E-state index contributed by atoms with van der Waals surface area (Å²) in [6.07, 6.45) is 0. The van der Waals surface area contributed by atoms with Crippen LogP contribution in [0.5, 0.6) is 0 Å². The highest BCUT2D eigenvalue weighted by Crippen LogP contribution is 2.36. The molecule has 0 aliphatic carbocycles. The Balaban J connectivity index is 1.64. The highest BCUT2D eigenvalue weighted by Gasteiger charge is 2.52. The van der Waals surface area contributed by atoms with Crippen LogP contribution >= 0.6 is 11.3 Å². The van der Waals surface area contributed by atoms with Crippen LogP contribution < -0.4 is 10.5 Å². The SMILES string of the molecule is CC1(C)OB(c2csc(N3CCN(CCO)CC3)n2)OC1(C)C. The lowest BCUT2D eigenvalue weighted by Crippen LogP contribution is -2.47. The first-order valence-electron chi connectivity index (χ1n) is 8.22. The molecule has 1 aromatic heterocycles. The molecule has 0 amide bonds. The molecule has 6 nitrogen and oxygen atoms in total. The molecule has 1 N–H and O–H groups in total. The van der Waals surface area contributed by atoms with Crippen LogP contribution in [0.15, 0.2) is 5.38 Å². The number of β-amino-alcohol motifs (C(OH)–C–C–N with tert-alkyl or cyclic N) is 1. The van der Waals surface area contributed by atoms with Crippen LogP contribution in [-0.4, -0.2) is 72.6 Å². The zero-order chi connectivity index (χ0) is 16.7. The maximum Gasteiger partial charge on any atom is 0.515 e. The molecular formula is C15H26BN3O3S. The van der Waals surface area contributed by atoms with Gasteiger partial charge in [-0.2, -0.15) is 0 Å². The Labute approximate surface area is 142 Å². The maximum atomic E-state index is 9.02. The summed E-state index contributed by atoms with van der Waals surface area (Å²) in [6.45, 7) is 13.0. The van der Waals surface area contributed by atoms with Crippen LogP contribution in [0.3, 0.4) is 0 Å². The minimum absolute atomic E-state index is 0.226. The molecular weight excluding hydrogens is 313 g/mol. The summed E-state index contributed by atoms with van der Waals surface area (Å²) in [5.41, 5.74) is 0.191. The lowest BCUT2D eigenvalue weighted by Gasteiger charge is -2.34. The van der Waals surface area contributed by atoms with Gasteiger partial charge < -0.3 is 19.3 Å². The van der Waals surface area contributed by atoms with E-state index < -0.39 is 0 Å². The molecule has 0 atom stereocenters. The molecule has 1 aromatic rings. The van der Waals surface area contributed by atoms with Crippen LogP contribution in [0, 0.1) is 0 Å². The third-order valence-electron chi connectivity index (χ3n) is 5.06. The molecule has 2 saturated heterocycles. The van der Waals surface area contributed by atoms with Crippen molar-refractivity contribution in [1.29, 1.82) is 0 Å². The highest BCUT2D eigenvalue weighted by atomic mass is 32.1. The standard InChI is InChI=1S/C15H26BN3O3S/c1-14(2)15(3,4)22-16(21-14)12-11-23-13(17-12)19-7-5-18(6-8-19)9-10-20/h11,20H,5-10H2,1-4H3. The summed E-state index contributed by atoms with van der Waals surface area (Å²) < 4.78 is 12.1. The third kappa shape index (κ3) is 3.41. The van der Waals surface area contributed by atoms with Crippen LogP contribution in [-0.2, 0) is 9.31 Å². The monoisotopic (exact) mass is 339 g/mol. The van der Waals surface area contributed by atoms with Gasteiger partial charge in [-0.15, -0.1) is 11.3 Å². The van der Waals surface area contributed by atoms with Crippen LogP contribution in [0.25, 0.3) is 0 Å². The molecule has 0 bridgehead atoms. The summed E-state index contributed by atoms with van der Waals surface area (Å²) in [5, 5.41) is 12.1. The second kappa shape index (κ2) is 6.33. The van der Waals surface area contributed by atoms with Gasteiger partial charge in [0, 0.05) is 38.1 Å². The first-order valence-corrected chi connectivity index (χ1v) is 9.09. The molecule has 0 aromatic carbocycles. The quantitative estimate of drug-likeness (QED) is 0.809. The van der Waals surface area contributed by atoms with Crippen molar-refractivity contribution in [3.8, 4) is 0 Å². The zero-order valence-corrected chi connectivity index (χ0v) is 15.2. The van der Waals surface area contributed by atoms with Gasteiger partial charge in [0.2, 0.25) is 0 Å². The predicted molar refractivity (Wildman–Crippen MR) is 93.6 cm³/mol. The van der Waals surface area contributed by atoms with Gasteiger partial charge in [0.1, 0.15) is 0 Å². The maximum absolute atomic E-state index is 9.02. The molecule has 3 rings (SSSR count). The number of rotatable bonds is 4. The summed E-state index contributed by atoms with van der Waals surface area (Å²) in [5.74, 6) is 0. The molecule has 3 heterocycles. The average molecular weight is 339 g/mol. The number of hydrogen-bond acceptors (Lipinski definition) is 7. The van der Waals surface area contributed by atoms with Crippen molar-refractivity contribution >= 4 is 29.2 Å². The van der Waals surface area contributed by atoms with Crippen molar-refractivity contribution in [2.75, 3.05) is 44.2 Å². The summed E-state index contributed by atoms with van der Waals surface area (Å²) >= 11 is 1.64. The van der Waals surface area contributed by atoms with Crippen molar-refractivity contribution < 1.29 is 14.4 Å². The average Bonchev–Trinajstić information content (AvgIpc) is 3.04. The van der Waals surface area contributed by atoms with E-state index in [0.717, 1.165) is 43.4 Å². The minimum atomic E-state index is -0.388. The second-order valence-corrected chi connectivity index (χ2v) is 8.03. The Morgan fingerprint density at radius 3 is 2.35 bits per heavy atom. The Hall–Kier alpha value is -0.665. The van der Waals surface area contributed by atoms with E-state index in [1.54, 1.807) is 11.3 Å². The number of nitrogens with zero attached hydrogens (tertiary/aromatic N) is 3. The van der Waals surface area contributed by atoms with Crippen molar-refractivity contribution in [3.63, 3.8) is 0 Å². The largest absolute Gasteiger partial charge is 0.515 e. The van der Waals surface area contributed by atoms with E-state index in [4.69, 9.17) is 19.4 Å². The molecule has 2 fully saturated rings. The smallest absolute Gasteiger partial charge is 0.398 e. The zero-order valence-electron chi connectivity index (χ0n) is 14.4. The normalized spacial score (nSPS) is 24.4. The van der Waals surface area contributed by atoms with E-state index in [0.29, 0.717) is 0 Å². The molecule has 2 aliphatic heterocycles. The fraction of sp³-hybridized carbons (Fsp3) is 0.800. The van der Waals surface area contributed by atoms with Gasteiger partial charge >= 0.3 is 7.12 Å². The van der Waals surface area contributed by atoms with Crippen LogP contribution in [0.1, 0.15) is 27.7 Å². The minimum Gasteiger partial charge on any atom is -0.398 e. The number of hydrogen-bond donors (Lipinski definition) is 1. The van der Waals surface area contributed by atoms with Crippen molar-refractivity contribution in [2.24, 2.45) is 0 Å². The molecule has 0 saturated carbocycles. The number of aliphatic hydroxyl groups is 1. The Kier molecular flexibility index (Phi) is 4.72. The first kappa shape index (κ1) is 17.2. The second-order valence-electron chi connectivity index (χ2n) is 7.20. The fourth-order valence-electron chi connectivity index (χ4n) is 2.80. The van der Waals surface area contributed by atoms with Gasteiger partial charge in [-0.1, -0.05) is 0 Å². The van der Waals surface area contributed by atoms with Gasteiger partial charge in [-0.25, -0.2) is 4.98 Å². The molecule has 0 unspecified atom stereocenters. The number of aliphatic hydroxyl groups excluding tert-OH is 1. The fourth-order valence-corrected chi connectivity index (χ4v) is 3.68. The molecule has 0 spiro atoms.